The summed E-state index contributed by atoms with van der Waals surface area (Å²) in [5.74, 6) is 0.620. The number of hydrogen-bond donors (Lipinski definition) is 2. The second-order valence-electron chi connectivity index (χ2n) is 5.03. The van der Waals surface area contributed by atoms with Crippen LogP contribution < -0.4 is 10.0 Å². The molecule has 1 rings (SSSR count). The van der Waals surface area contributed by atoms with Crippen LogP contribution in [0.4, 0.5) is 0 Å². The molecule has 5 heteroatoms. The molecule has 17 heavy (non-hydrogen) atoms. The van der Waals surface area contributed by atoms with E-state index in [0.29, 0.717) is 18.5 Å². The van der Waals surface area contributed by atoms with Crippen molar-refractivity contribution in [1.82, 2.24) is 10.0 Å². The summed E-state index contributed by atoms with van der Waals surface area (Å²) in [6.07, 6.45) is 4.41. The van der Waals surface area contributed by atoms with Gasteiger partial charge >= 0.3 is 0 Å². The molecule has 1 unspecified atom stereocenters. The van der Waals surface area contributed by atoms with Crippen molar-refractivity contribution >= 4 is 10.0 Å². The molecule has 1 aliphatic rings. The van der Waals surface area contributed by atoms with Crippen LogP contribution in [0.25, 0.3) is 0 Å². The molecule has 0 bridgehead atoms. The molecule has 1 atom stereocenters. The SMILES string of the molecule is CCC(CC)C(C)NS(=O)(=O)CCNC1CC1. The standard InChI is InChI=1S/C12H26N2O2S/c1-4-11(5-2)10(3)14-17(15,16)9-8-13-12-6-7-12/h10-14H,4-9H2,1-3H3. The van der Waals surface area contributed by atoms with Crippen LogP contribution in [-0.2, 0) is 10.0 Å². The molecule has 102 valence electrons. The molecular formula is C12H26N2O2S. The molecular weight excluding hydrogens is 236 g/mol. The second-order valence-corrected chi connectivity index (χ2v) is 6.90. The Bertz CT molecular complexity index is 308. The minimum Gasteiger partial charge on any atom is -0.313 e. The van der Waals surface area contributed by atoms with Crippen LogP contribution in [0.2, 0.25) is 0 Å². The topological polar surface area (TPSA) is 58.2 Å². The molecule has 0 amide bonds. The molecule has 1 saturated carbocycles. The van der Waals surface area contributed by atoms with Crippen LogP contribution in [0.15, 0.2) is 0 Å². The zero-order chi connectivity index (χ0) is 12.9. The molecule has 0 radical (unpaired) electrons. The molecule has 4 nitrogen and oxygen atoms in total. The van der Waals surface area contributed by atoms with Gasteiger partial charge in [-0.05, 0) is 25.7 Å². The lowest BCUT2D eigenvalue weighted by molar-refractivity contribution is 0.390. The minimum absolute atomic E-state index is 0.0379. The van der Waals surface area contributed by atoms with Crippen molar-refractivity contribution in [3.05, 3.63) is 0 Å². The number of sulfonamides is 1. The average molecular weight is 262 g/mol. The molecule has 2 N–H and O–H groups in total. The van der Waals surface area contributed by atoms with Gasteiger partial charge in [-0.25, -0.2) is 13.1 Å². The predicted molar refractivity (Wildman–Crippen MR) is 71.5 cm³/mol. The summed E-state index contributed by atoms with van der Waals surface area (Å²) in [6.45, 7) is 6.74. The first kappa shape index (κ1) is 14.9. The van der Waals surface area contributed by atoms with Crippen molar-refractivity contribution in [2.24, 2.45) is 5.92 Å². The third-order valence-corrected chi connectivity index (χ3v) is 4.97. The zero-order valence-electron chi connectivity index (χ0n) is 11.2. The highest BCUT2D eigenvalue weighted by Gasteiger charge is 2.23. The average Bonchev–Trinajstić information content (AvgIpc) is 3.02. The van der Waals surface area contributed by atoms with Crippen molar-refractivity contribution in [1.29, 1.82) is 0 Å². The summed E-state index contributed by atoms with van der Waals surface area (Å²) in [6, 6.07) is 0.609. The first-order chi connectivity index (χ1) is 7.98. The highest BCUT2D eigenvalue weighted by atomic mass is 32.2. The third-order valence-electron chi connectivity index (χ3n) is 3.50. The van der Waals surface area contributed by atoms with Gasteiger partial charge in [0.2, 0.25) is 10.0 Å². The summed E-state index contributed by atoms with van der Waals surface area (Å²) in [4.78, 5) is 0. The lowest BCUT2D eigenvalue weighted by Gasteiger charge is -2.22. The summed E-state index contributed by atoms with van der Waals surface area (Å²) >= 11 is 0. The quantitative estimate of drug-likeness (QED) is 0.662. The molecule has 0 heterocycles. The molecule has 0 aliphatic heterocycles. The normalized spacial score (nSPS) is 18.6. The maximum absolute atomic E-state index is 11.8. The van der Waals surface area contributed by atoms with Gasteiger partial charge < -0.3 is 5.32 Å². The van der Waals surface area contributed by atoms with Gasteiger partial charge in [-0.3, -0.25) is 0 Å². The molecule has 0 saturated heterocycles. The summed E-state index contributed by atoms with van der Waals surface area (Å²) in [5.41, 5.74) is 0. The van der Waals surface area contributed by atoms with Gasteiger partial charge in [-0.2, -0.15) is 0 Å². The van der Waals surface area contributed by atoms with E-state index < -0.39 is 10.0 Å². The van der Waals surface area contributed by atoms with Crippen LogP contribution in [0.3, 0.4) is 0 Å². The monoisotopic (exact) mass is 262 g/mol. The first-order valence-corrected chi connectivity index (χ1v) is 8.37. The van der Waals surface area contributed by atoms with E-state index in [1.54, 1.807) is 0 Å². The van der Waals surface area contributed by atoms with E-state index in [9.17, 15) is 8.42 Å². The van der Waals surface area contributed by atoms with Gasteiger partial charge in [-0.15, -0.1) is 0 Å². The summed E-state index contributed by atoms with van der Waals surface area (Å²) in [7, 11) is -3.13. The largest absolute Gasteiger partial charge is 0.313 e. The third kappa shape index (κ3) is 5.84. The zero-order valence-corrected chi connectivity index (χ0v) is 12.0. The number of hydrogen-bond acceptors (Lipinski definition) is 3. The van der Waals surface area contributed by atoms with Crippen molar-refractivity contribution in [3.63, 3.8) is 0 Å². The number of rotatable bonds is 9. The van der Waals surface area contributed by atoms with E-state index in [1.807, 2.05) is 6.92 Å². The molecule has 0 aromatic carbocycles. The fourth-order valence-electron chi connectivity index (χ4n) is 2.12. The number of nitrogens with one attached hydrogen (secondary N) is 2. The highest BCUT2D eigenvalue weighted by Crippen LogP contribution is 2.18. The Kier molecular flexibility index (Phi) is 5.89. The molecule has 1 fully saturated rings. The molecule has 0 aromatic heterocycles. The Hall–Kier alpha value is -0.130. The van der Waals surface area contributed by atoms with Crippen LogP contribution in [0.5, 0.6) is 0 Å². The first-order valence-electron chi connectivity index (χ1n) is 6.71. The molecule has 0 aromatic rings. The second kappa shape index (κ2) is 6.71. The van der Waals surface area contributed by atoms with E-state index in [1.165, 1.54) is 12.8 Å². The lowest BCUT2D eigenvalue weighted by atomic mass is 9.96. The van der Waals surface area contributed by atoms with Crippen molar-refractivity contribution < 1.29 is 8.42 Å². The summed E-state index contributed by atoms with van der Waals surface area (Å²) in [5, 5.41) is 3.22. The lowest BCUT2D eigenvalue weighted by Crippen LogP contribution is -2.41. The highest BCUT2D eigenvalue weighted by molar-refractivity contribution is 7.89. The Balaban J connectivity index is 2.30. The van der Waals surface area contributed by atoms with Gasteiger partial charge in [0.15, 0.2) is 0 Å². The fraction of sp³-hybridized carbons (Fsp3) is 1.00. The summed E-state index contributed by atoms with van der Waals surface area (Å²) < 4.78 is 26.4. The predicted octanol–water partition coefficient (Wildman–Crippen LogP) is 1.48. The van der Waals surface area contributed by atoms with E-state index in [4.69, 9.17) is 0 Å². The Morgan fingerprint density at radius 2 is 1.82 bits per heavy atom. The van der Waals surface area contributed by atoms with E-state index in [2.05, 4.69) is 23.9 Å². The van der Waals surface area contributed by atoms with E-state index >= 15 is 0 Å². The Labute approximate surface area is 106 Å². The van der Waals surface area contributed by atoms with Gasteiger partial charge in [0.25, 0.3) is 0 Å². The van der Waals surface area contributed by atoms with Crippen molar-refractivity contribution in [2.45, 2.75) is 58.5 Å². The Morgan fingerprint density at radius 3 is 2.29 bits per heavy atom. The van der Waals surface area contributed by atoms with Gasteiger partial charge in [0, 0.05) is 18.6 Å². The van der Waals surface area contributed by atoms with Crippen molar-refractivity contribution in [3.8, 4) is 0 Å². The fourth-order valence-corrected chi connectivity index (χ4v) is 3.38. The van der Waals surface area contributed by atoms with Crippen LogP contribution in [0.1, 0.15) is 46.5 Å². The minimum atomic E-state index is -3.13. The maximum Gasteiger partial charge on any atom is 0.213 e. The smallest absolute Gasteiger partial charge is 0.213 e. The van der Waals surface area contributed by atoms with Crippen LogP contribution >= 0.6 is 0 Å². The van der Waals surface area contributed by atoms with E-state index in [0.717, 1.165) is 12.8 Å². The van der Waals surface area contributed by atoms with Gasteiger partial charge in [0.1, 0.15) is 0 Å². The van der Waals surface area contributed by atoms with Crippen molar-refractivity contribution in [2.75, 3.05) is 12.3 Å². The maximum atomic E-state index is 11.8. The van der Waals surface area contributed by atoms with Crippen LogP contribution in [0, 0.1) is 5.92 Å². The van der Waals surface area contributed by atoms with Gasteiger partial charge in [-0.1, -0.05) is 26.7 Å². The molecule has 0 spiro atoms. The Morgan fingerprint density at radius 1 is 1.24 bits per heavy atom. The van der Waals surface area contributed by atoms with Crippen LogP contribution in [-0.4, -0.2) is 32.8 Å². The molecule has 1 aliphatic carbocycles. The van der Waals surface area contributed by atoms with E-state index in [-0.39, 0.29) is 11.8 Å². The van der Waals surface area contributed by atoms with Gasteiger partial charge in [0.05, 0.1) is 5.75 Å².